The third-order valence-electron chi connectivity index (χ3n) is 2.96. The number of aromatic nitrogens is 4. The van der Waals surface area contributed by atoms with Gasteiger partial charge in [-0.3, -0.25) is 0 Å². The Hall–Kier alpha value is -2.36. The van der Waals surface area contributed by atoms with Gasteiger partial charge in [0.15, 0.2) is 11.5 Å². The molecule has 7 nitrogen and oxygen atoms in total. The summed E-state index contributed by atoms with van der Waals surface area (Å²) in [5, 5.41) is 11.9. The van der Waals surface area contributed by atoms with E-state index in [0.29, 0.717) is 24.6 Å². The number of aromatic amines is 1. The Morgan fingerprint density at radius 2 is 2.25 bits per heavy atom. The molecule has 0 atom stereocenters. The number of nitriles is 1. The monoisotopic (exact) mass is 273 g/mol. The minimum Gasteiger partial charge on any atom is -0.354 e. The van der Waals surface area contributed by atoms with Crippen molar-refractivity contribution in [3.63, 3.8) is 0 Å². The van der Waals surface area contributed by atoms with Crippen molar-refractivity contribution in [3.05, 3.63) is 6.33 Å². The summed E-state index contributed by atoms with van der Waals surface area (Å²) < 4.78 is 0. The van der Waals surface area contributed by atoms with E-state index in [1.165, 1.54) is 0 Å². The summed E-state index contributed by atoms with van der Waals surface area (Å²) in [6, 6.07) is 2.41. The number of nitrogens with zero attached hydrogens (tertiary/aromatic N) is 5. The molecule has 0 spiro atoms. The molecule has 0 saturated heterocycles. The van der Waals surface area contributed by atoms with Gasteiger partial charge in [0.1, 0.15) is 5.52 Å². The second kappa shape index (κ2) is 6.19. The van der Waals surface area contributed by atoms with Gasteiger partial charge in [-0.15, -0.1) is 0 Å². The number of hydrogen-bond acceptors (Lipinski definition) is 6. The zero-order chi connectivity index (χ0) is 14.5. The number of anilines is 2. The lowest BCUT2D eigenvalue weighted by Crippen LogP contribution is -2.33. The number of rotatable bonds is 6. The standard InChI is InChI=1S/C13H19N7/c1-4-15-13-18-11-10(16-8-17-11)12(19-13)20(9(2)3)7-5-6-14/h8-9H,4-5,7H2,1-3H3,(H2,15,16,17,18,19). The van der Waals surface area contributed by atoms with E-state index in [9.17, 15) is 0 Å². The highest BCUT2D eigenvalue weighted by Crippen LogP contribution is 2.24. The van der Waals surface area contributed by atoms with Gasteiger partial charge in [-0.2, -0.15) is 15.2 Å². The van der Waals surface area contributed by atoms with E-state index < -0.39 is 0 Å². The summed E-state index contributed by atoms with van der Waals surface area (Å²) in [6.45, 7) is 7.52. The molecule has 2 aromatic rings. The van der Waals surface area contributed by atoms with Gasteiger partial charge in [-0.1, -0.05) is 0 Å². The van der Waals surface area contributed by atoms with Crippen LogP contribution < -0.4 is 10.2 Å². The highest BCUT2D eigenvalue weighted by atomic mass is 15.3. The summed E-state index contributed by atoms with van der Waals surface area (Å²) in [7, 11) is 0. The summed E-state index contributed by atoms with van der Waals surface area (Å²) in [4.78, 5) is 18.3. The van der Waals surface area contributed by atoms with Gasteiger partial charge in [-0.05, 0) is 20.8 Å². The molecular weight excluding hydrogens is 254 g/mol. The summed E-state index contributed by atoms with van der Waals surface area (Å²) >= 11 is 0. The summed E-state index contributed by atoms with van der Waals surface area (Å²) in [5.41, 5.74) is 1.44. The van der Waals surface area contributed by atoms with Gasteiger partial charge in [0.2, 0.25) is 5.95 Å². The van der Waals surface area contributed by atoms with Gasteiger partial charge in [0, 0.05) is 19.1 Å². The average molecular weight is 273 g/mol. The number of imidazole rings is 1. The number of nitrogens with one attached hydrogen (secondary N) is 2. The highest BCUT2D eigenvalue weighted by Gasteiger charge is 2.18. The van der Waals surface area contributed by atoms with Gasteiger partial charge in [0.25, 0.3) is 0 Å². The van der Waals surface area contributed by atoms with E-state index in [1.54, 1.807) is 6.33 Å². The van der Waals surface area contributed by atoms with Crippen LogP contribution in [-0.4, -0.2) is 39.1 Å². The van der Waals surface area contributed by atoms with Crippen molar-refractivity contribution < 1.29 is 0 Å². The van der Waals surface area contributed by atoms with Crippen LogP contribution in [0.25, 0.3) is 11.2 Å². The third-order valence-corrected chi connectivity index (χ3v) is 2.96. The molecule has 2 heterocycles. The van der Waals surface area contributed by atoms with Crippen LogP contribution in [0, 0.1) is 11.3 Å². The molecule has 7 heteroatoms. The van der Waals surface area contributed by atoms with E-state index in [2.05, 4.69) is 50.1 Å². The summed E-state index contributed by atoms with van der Waals surface area (Å²) in [6.07, 6.45) is 2.07. The molecular formula is C13H19N7. The quantitative estimate of drug-likeness (QED) is 0.835. The topological polar surface area (TPSA) is 93.5 Å². The van der Waals surface area contributed by atoms with Crippen LogP contribution in [-0.2, 0) is 0 Å². The Morgan fingerprint density at radius 1 is 1.45 bits per heavy atom. The first-order valence-electron chi connectivity index (χ1n) is 6.76. The fraction of sp³-hybridized carbons (Fsp3) is 0.538. The predicted octanol–water partition coefficient (Wildman–Crippen LogP) is 1.91. The fourth-order valence-electron chi connectivity index (χ4n) is 2.04. The van der Waals surface area contributed by atoms with Crippen LogP contribution in [0.5, 0.6) is 0 Å². The largest absolute Gasteiger partial charge is 0.354 e. The zero-order valence-electron chi connectivity index (χ0n) is 12.0. The molecule has 2 rings (SSSR count). The van der Waals surface area contributed by atoms with Gasteiger partial charge in [-0.25, -0.2) is 4.98 Å². The Balaban J connectivity index is 2.48. The van der Waals surface area contributed by atoms with Gasteiger partial charge < -0.3 is 15.2 Å². The zero-order valence-corrected chi connectivity index (χ0v) is 12.0. The minimum absolute atomic E-state index is 0.235. The Morgan fingerprint density at radius 3 is 2.90 bits per heavy atom. The van der Waals surface area contributed by atoms with E-state index in [4.69, 9.17) is 5.26 Å². The van der Waals surface area contributed by atoms with Crippen molar-refractivity contribution >= 4 is 22.9 Å². The minimum atomic E-state index is 0.235. The van der Waals surface area contributed by atoms with Crippen LogP contribution in [0.2, 0.25) is 0 Å². The second-order valence-corrected chi connectivity index (χ2v) is 4.70. The average Bonchev–Trinajstić information content (AvgIpc) is 2.87. The van der Waals surface area contributed by atoms with Crippen molar-refractivity contribution in [2.75, 3.05) is 23.3 Å². The Bertz CT molecular complexity index is 611. The van der Waals surface area contributed by atoms with Crippen LogP contribution in [0.3, 0.4) is 0 Å². The first-order chi connectivity index (χ1) is 9.67. The van der Waals surface area contributed by atoms with Crippen LogP contribution >= 0.6 is 0 Å². The molecule has 0 aliphatic rings. The molecule has 0 aliphatic heterocycles. The Labute approximate surface area is 118 Å². The van der Waals surface area contributed by atoms with Crippen molar-refractivity contribution in [3.8, 4) is 6.07 Å². The third kappa shape index (κ3) is 2.79. The second-order valence-electron chi connectivity index (χ2n) is 4.70. The van der Waals surface area contributed by atoms with Crippen molar-refractivity contribution in [2.24, 2.45) is 0 Å². The van der Waals surface area contributed by atoms with Gasteiger partial charge >= 0.3 is 0 Å². The lowest BCUT2D eigenvalue weighted by atomic mass is 10.2. The number of hydrogen-bond donors (Lipinski definition) is 2. The van der Waals surface area contributed by atoms with E-state index in [1.807, 2.05) is 6.92 Å². The van der Waals surface area contributed by atoms with Crippen LogP contribution in [0.4, 0.5) is 11.8 Å². The van der Waals surface area contributed by atoms with Crippen LogP contribution in [0.15, 0.2) is 6.33 Å². The Kier molecular flexibility index (Phi) is 4.35. The molecule has 0 aromatic carbocycles. The van der Waals surface area contributed by atoms with Crippen molar-refractivity contribution in [1.82, 2.24) is 19.9 Å². The van der Waals surface area contributed by atoms with Crippen molar-refractivity contribution in [1.29, 1.82) is 5.26 Å². The molecule has 2 aromatic heterocycles. The molecule has 0 unspecified atom stereocenters. The maximum atomic E-state index is 8.81. The molecule has 2 N–H and O–H groups in total. The molecule has 0 saturated carbocycles. The molecule has 106 valence electrons. The number of H-pyrrole nitrogens is 1. The maximum Gasteiger partial charge on any atom is 0.226 e. The van der Waals surface area contributed by atoms with E-state index >= 15 is 0 Å². The normalized spacial score (nSPS) is 10.8. The fourth-order valence-corrected chi connectivity index (χ4v) is 2.04. The first-order valence-corrected chi connectivity index (χ1v) is 6.76. The summed E-state index contributed by atoms with van der Waals surface area (Å²) in [5.74, 6) is 1.35. The highest BCUT2D eigenvalue weighted by molar-refractivity contribution is 5.84. The molecule has 20 heavy (non-hydrogen) atoms. The molecule has 0 aliphatic carbocycles. The lowest BCUT2D eigenvalue weighted by molar-refractivity contribution is 0.679. The smallest absolute Gasteiger partial charge is 0.226 e. The number of fused-ring (bicyclic) bond motifs is 1. The molecule has 0 bridgehead atoms. The van der Waals surface area contributed by atoms with E-state index in [-0.39, 0.29) is 6.04 Å². The van der Waals surface area contributed by atoms with Crippen LogP contribution in [0.1, 0.15) is 27.2 Å². The van der Waals surface area contributed by atoms with Gasteiger partial charge in [0.05, 0.1) is 18.8 Å². The van der Waals surface area contributed by atoms with E-state index in [0.717, 1.165) is 17.9 Å². The lowest BCUT2D eigenvalue weighted by Gasteiger charge is -2.27. The SMILES string of the molecule is CCNc1nc(N(CCC#N)C(C)C)c2[nH]cnc2n1. The first kappa shape index (κ1) is 14.1. The maximum absolute atomic E-state index is 8.81. The molecule has 0 radical (unpaired) electrons. The molecule has 0 amide bonds. The molecule has 0 fully saturated rings. The predicted molar refractivity (Wildman–Crippen MR) is 78.6 cm³/mol. The van der Waals surface area contributed by atoms with Crippen molar-refractivity contribution in [2.45, 2.75) is 33.2 Å².